The maximum atomic E-state index is 12.1. The Balaban J connectivity index is 1.73. The minimum absolute atomic E-state index is 0.229. The van der Waals surface area contributed by atoms with Crippen LogP contribution in [0.3, 0.4) is 0 Å². The van der Waals surface area contributed by atoms with Gasteiger partial charge < -0.3 is 9.15 Å². The van der Waals surface area contributed by atoms with Gasteiger partial charge in [0.25, 0.3) is 0 Å². The molecule has 0 aliphatic heterocycles. The van der Waals surface area contributed by atoms with E-state index in [0.717, 1.165) is 23.8 Å². The van der Waals surface area contributed by atoms with Crippen molar-refractivity contribution in [2.24, 2.45) is 5.10 Å². The molecule has 1 N–H and O–H groups in total. The Hall–Kier alpha value is -1.62. The van der Waals surface area contributed by atoms with Crippen molar-refractivity contribution in [1.82, 2.24) is 5.43 Å². The fourth-order valence-corrected chi connectivity index (χ4v) is 4.42. The summed E-state index contributed by atoms with van der Waals surface area (Å²) in [4.78, 5) is 12.1. The van der Waals surface area contributed by atoms with E-state index in [4.69, 9.17) is 9.15 Å². The second-order valence-corrected chi connectivity index (χ2v) is 7.19. The highest BCUT2D eigenvalue weighted by Gasteiger charge is 2.11. The number of furan rings is 1. The van der Waals surface area contributed by atoms with E-state index in [2.05, 4.69) is 55.7 Å². The first-order valence-electron chi connectivity index (χ1n) is 6.93. The molecule has 24 heavy (non-hydrogen) atoms. The van der Waals surface area contributed by atoms with Crippen LogP contribution in [0.5, 0.6) is 5.75 Å². The van der Waals surface area contributed by atoms with Crippen molar-refractivity contribution in [3.05, 3.63) is 60.9 Å². The summed E-state index contributed by atoms with van der Waals surface area (Å²) in [6.07, 6.45) is 1.59. The molecular formula is C17H12I2N2O3. The number of nitrogens with one attached hydrogen (secondary N) is 1. The van der Waals surface area contributed by atoms with E-state index in [1.54, 1.807) is 19.4 Å². The molecule has 0 spiro atoms. The number of amides is 1. The van der Waals surface area contributed by atoms with Gasteiger partial charge in [0.15, 0.2) is 5.76 Å². The van der Waals surface area contributed by atoms with Crippen LogP contribution in [0, 0.1) is 7.14 Å². The van der Waals surface area contributed by atoms with E-state index in [1.165, 1.54) is 0 Å². The Labute approximate surface area is 165 Å². The van der Waals surface area contributed by atoms with Gasteiger partial charge in [-0.1, -0.05) is 18.2 Å². The Bertz CT molecular complexity index is 878. The van der Waals surface area contributed by atoms with Gasteiger partial charge in [0, 0.05) is 5.39 Å². The molecule has 0 atom stereocenters. The molecule has 0 saturated carbocycles. The number of carbonyl (C=O) groups is 1. The fraction of sp³-hybridized carbons (Fsp3) is 0.0588. The fourth-order valence-electron chi connectivity index (χ4n) is 2.16. The molecule has 0 aliphatic carbocycles. The SMILES string of the molecule is COc1c(I)cc(/C=N/NC(=O)c2cc3ccccc3o2)cc1I. The third kappa shape index (κ3) is 3.72. The minimum atomic E-state index is -0.389. The van der Waals surface area contributed by atoms with Crippen molar-refractivity contribution in [2.45, 2.75) is 0 Å². The smallest absolute Gasteiger partial charge is 0.307 e. The van der Waals surface area contributed by atoms with Crippen LogP contribution < -0.4 is 10.2 Å². The first-order chi connectivity index (χ1) is 11.6. The summed E-state index contributed by atoms with van der Waals surface area (Å²) in [7, 11) is 1.64. The molecule has 3 aromatic rings. The number of hydrazone groups is 1. The molecule has 0 bridgehead atoms. The molecule has 122 valence electrons. The average Bonchev–Trinajstić information content (AvgIpc) is 2.98. The first-order valence-corrected chi connectivity index (χ1v) is 9.09. The Morgan fingerprint density at radius 2 is 1.92 bits per heavy atom. The molecule has 0 unspecified atom stereocenters. The lowest BCUT2D eigenvalue weighted by atomic mass is 10.2. The van der Waals surface area contributed by atoms with Gasteiger partial charge >= 0.3 is 5.91 Å². The highest BCUT2D eigenvalue weighted by atomic mass is 127. The number of hydrogen-bond acceptors (Lipinski definition) is 4. The van der Waals surface area contributed by atoms with Crippen molar-refractivity contribution in [3.63, 3.8) is 0 Å². The van der Waals surface area contributed by atoms with Crippen LogP contribution in [-0.2, 0) is 0 Å². The average molecular weight is 546 g/mol. The van der Waals surface area contributed by atoms with Crippen LogP contribution in [0.15, 0.2) is 52.0 Å². The summed E-state index contributed by atoms with van der Waals surface area (Å²) in [6, 6.07) is 13.0. The predicted octanol–water partition coefficient (Wildman–Crippen LogP) is 4.41. The first kappa shape index (κ1) is 17.2. The van der Waals surface area contributed by atoms with Crippen molar-refractivity contribution in [3.8, 4) is 5.75 Å². The zero-order chi connectivity index (χ0) is 17.1. The van der Waals surface area contributed by atoms with Gasteiger partial charge in [0.05, 0.1) is 20.5 Å². The molecule has 1 aromatic heterocycles. The molecule has 0 aliphatic rings. The van der Waals surface area contributed by atoms with E-state index >= 15 is 0 Å². The number of benzene rings is 2. The summed E-state index contributed by atoms with van der Waals surface area (Å²) in [6.45, 7) is 0. The van der Waals surface area contributed by atoms with Crippen LogP contribution in [-0.4, -0.2) is 19.2 Å². The zero-order valence-corrected chi connectivity index (χ0v) is 16.9. The molecule has 5 nitrogen and oxygen atoms in total. The third-order valence-electron chi connectivity index (χ3n) is 3.25. The summed E-state index contributed by atoms with van der Waals surface area (Å²) in [5.74, 6) is 0.673. The second kappa shape index (κ2) is 7.51. The van der Waals surface area contributed by atoms with Crippen LogP contribution in [0.25, 0.3) is 11.0 Å². The van der Waals surface area contributed by atoms with Crippen molar-refractivity contribution in [1.29, 1.82) is 0 Å². The summed E-state index contributed by atoms with van der Waals surface area (Å²) >= 11 is 4.40. The quantitative estimate of drug-likeness (QED) is 0.300. The summed E-state index contributed by atoms with van der Waals surface area (Å²) in [5, 5.41) is 4.87. The monoisotopic (exact) mass is 546 g/mol. The molecule has 0 saturated heterocycles. The number of fused-ring (bicyclic) bond motifs is 1. The van der Waals surface area contributed by atoms with Gasteiger partial charge in [0.1, 0.15) is 11.3 Å². The second-order valence-electron chi connectivity index (χ2n) is 4.87. The van der Waals surface area contributed by atoms with Gasteiger partial charge in [-0.25, -0.2) is 5.43 Å². The number of halogens is 2. The molecule has 3 rings (SSSR count). The highest BCUT2D eigenvalue weighted by molar-refractivity contribution is 14.1. The number of hydrogen-bond donors (Lipinski definition) is 1. The van der Waals surface area contributed by atoms with Crippen molar-refractivity contribution in [2.75, 3.05) is 7.11 Å². The molecule has 1 amide bonds. The third-order valence-corrected chi connectivity index (χ3v) is 4.86. The lowest BCUT2D eigenvalue weighted by Gasteiger charge is -2.06. The van der Waals surface area contributed by atoms with Gasteiger partial charge in [-0.3, -0.25) is 4.79 Å². The number of ether oxygens (including phenoxy) is 1. The van der Waals surface area contributed by atoms with E-state index < -0.39 is 0 Å². The topological polar surface area (TPSA) is 63.8 Å². The van der Waals surface area contributed by atoms with Crippen LogP contribution in [0.4, 0.5) is 0 Å². The number of carbonyl (C=O) groups excluding carboxylic acids is 1. The molecule has 0 radical (unpaired) electrons. The van der Waals surface area contributed by atoms with Crippen LogP contribution in [0.2, 0.25) is 0 Å². The summed E-state index contributed by atoms with van der Waals surface area (Å²) in [5.41, 5.74) is 4.02. The van der Waals surface area contributed by atoms with Crippen LogP contribution in [0.1, 0.15) is 16.1 Å². The van der Waals surface area contributed by atoms with Gasteiger partial charge in [0.2, 0.25) is 0 Å². The molecule has 0 fully saturated rings. The Kier molecular flexibility index (Phi) is 5.39. The molecule has 7 heteroatoms. The molecule has 2 aromatic carbocycles. The maximum absolute atomic E-state index is 12.1. The number of rotatable bonds is 4. The van der Waals surface area contributed by atoms with Crippen molar-refractivity contribution < 1.29 is 13.9 Å². The Morgan fingerprint density at radius 1 is 1.21 bits per heavy atom. The van der Waals surface area contributed by atoms with E-state index in [1.807, 2.05) is 36.4 Å². The number of methoxy groups -OCH3 is 1. The van der Waals surface area contributed by atoms with Gasteiger partial charge in [-0.2, -0.15) is 5.10 Å². The predicted molar refractivity (Wildman–Crippen MR) is 110 cm³/mol. The molecule has 1 heterocycles. The number of nitrogens with zero attached hydrogens (tertiary/aromatic N) is 1. The Morgan fingerprint density at radius 3 is 2.58 bits per heavy atom. The zero-order valence-electron chi connectivity index (χ0n) is 12.5. The van der Waals surface area contributed by atoms with Gasteiger partial charge in [-0.15, -0.1) is 0 Å². The summed E-state index contributed by atoms with van der Waals surface area (Å²) < 4.78 is 12.8. The van der Waals surface area contributed by atoms with E-state index in [0.29, 0.717) is 5.58 Å². The number of para-hydroxylation sites is 1. The van der Waals surface area contributed by atoms with Gasteiger partial charge in [-0.05, 0) is 75.0 Å². The minimum Gasteiger partial charge on any atom is -0.495 e. The lowest BCUT2D eigenvalue weighted by Crippen LogP contribution is -2.16. The van der Waals surface area contributed by atoms with Crippen LogP contribution >= 0.6 is 45.2 Å². The van der Waals surface area contributed by atoms with E-state index in [-0.39, 0.29) is 11.7 Å². The lowest BCUT2D eigenvalue weighted by molar-refractivity contribution is 0.0929. The van der Waals surface area contributed by atoms with Crippen molar-refractivity contribution >= 4 is 68.3 Å². The highest BCUT2D eigenvalue weighted by Crippen LogP contribution is 2.28. The molecular weight excluding hydrogens is 534 g/mol. The largest absolute Gasteiger partial charge is 0.495 e. The maximum Gasteiger partial charge on any atom is 0.307 e. The van der Waals surface area contributed by atoms with E-state index in [9.17, 15) is 4.79 Å². The normalized spacial score (nSPS) is 11.1. The standard InChI is InChI=1S/C17H12I2N2O3/c1-23-16-12(18)6-10(7-13(16)19)9-20-21-17(22)15-8-11-4-2-3-5-14(11)24-15/h2-9H,1H3,(H,21,22)/b20-9+.